The Labute approximate surface area is 124 Å². The summed E-state index contributed by atoms with van der Waals surface area (Å²) in [6, 6.07) is 10.1. The smallest absolute Gasteiger partial charge is 0.223 e. The Hall–Kier alpha value is -2.30. The predicted molar refractivity (Wildman–Crippen MR) is 78.9 cm³/mol. The fraction of sp³-hybridized carbons (Fsp3) is 0.375. The molecule has 0 aliphatic heterocycles. The number of nitrogens with zero attached hydrogens (tertiary/aromatic N) is 2. The Morgan fingerprint density at radius 1 is 1.33 bits per heavy atom. The molecule has 1 amide bonds. The average molecular weight is 285 g/mol. The molecule has 1 N–H and O–H groups in total. The number of hydrogen-bond donors (Lipinski definition) is 1. The number of amides is 1. The third-order valence-corrected chi connectivity index (χ3v) is 3.49. The Morgan fingerprint density at radius 2 is 2.14 bits per heavy atom. The highest BCUT2D eigenvalue weighted by Gasteiger charge is 2.25. The molecule has 1 fully saturated rings. The van der Waals surface area contributed by atoms with Crippen molar-refractivity contribution in [2.45, 2.75) is 31.8 Å². The topological polar surface area (TPSA) is 56.1 Å². The molecule has 0 bridgehead atoms. The molecule has 0 atom stereocenters. The molecule has 1 aliphatic carbocycles. The van der Waals surface area contributed by atoms with Crippen molar-refractivity contribution in [3.63, 3.8) is 0 Å². The van der Waals surface area contributed by atoms with Gasteiger partial charge in [-0.1, -0.05) is 18.2 Å². The van der Waals surface area contributed by atoms with Crippen molar-refractivity contribution in [2.24, 2.45) is 0 Å². The maximum atomic E-state index is 11.8. The van der Waals surface area contributed by atoms with Crippen LogP contribution in [0.3, 0.4) is 0 Å². The molecule has 1 saturated carbocycles. The van der Waals surface area contributed by atoms with Gasteiger partial charge in [-0.25, -0.2) is 4.98 Å². The van der Waals surface area contributed by atoms with Gasteiger partial charge >= 0.3 is 0 Å². The van der Waals surface area contributed by atoms with Crippen LogP contribution < -0.4 is 10.1 Å². The number of carbonyl (C=O) groups excluding carboxylic acids is 1. The number of imidazole rings is 1. The second-order valence-electron chi connectivity index (χ2n) is 5.21. The molecule has 1 aromatic heterocycles. The fourth-order valence-electron chi connectivity index (χ4n) is 2.21. The van der Waals surface area contributed by atoms with E-state index in [1.807, 2.05) is 42.9 Å². The third kappa shape index (κ3) is 3.84. The van der Waals surface area contributed by atoms with Crippen molar-refractivity contribution >= 4 is 5.91 Å². The van der Waals surface area contributed by atoms with Crippen LogP contribution in [0, 0.1) is 0 Å². The van der Waals surface area contributed by atoms with E-state index in [2.05, 4.69) is 14.9 Å². The van der Waals surface area contributed by atoms with Crippen LogP contribution in [-0.4, -0.2) is 22.1 Å². The van der Waals surface area contributed by atoms with E-state index in [-0.39, 0.29) is 5.91 Å². The largest absolute Gasteiger partial charge is 0.493 e. The molecular weight excluding hydrogens is 266 g/mol. The number of carbonyl (C=O) groups is 1. The number of aromatic nitrogens is 2. The lowest BCUT2D eigenvalue weighted by Crippen LogP contribution is -2.25. The fourth-order valence-corrected chi connectivity index (χ4v) is 2.21. The maximum Gasteiger partial charge on any atom is 0.223 e. The minimum Gasteiger partial charge on any atom is -0.493 e. The average Bonchev–Trinajstić information content (AvgIpc) is 3.25. The van der Waals surface area contributed by atoms with Crippen LogP contribution in [-0.2, 0) is 11.3 Å². The molecule has 0 saturated heterocycles. The minimum absolute atomic E-state index is 0.00511. The Kier molecular flexibility index (Phi) is 4.19. The van der Waals surface area contributed by atoms with Gasteiger partial charge in [0.15, 0.2) is 0 Å². The first-order chi connectivity index (χ1) is 10.3. The zero-order chi connectivity index (χ0) is 14.5. The van der Waals surface area contributed by atoms with Crippen LogP contribution >= 0.6 is 0 Å². The lowest BCUT2D eigenvalue weighted by Gasteiger charge is -2.09. The van der Waals surface area contributed by atoms with E-state index in [0.717, 1.165) is 11.4 Å². The van der Waals surface area contributed by atoms with E-state index >= 15 is 0 Å². The highest BCUT2D eigenvalue weighted by atomic mass is 16.5. The second kappa shape index (κ2) is 6.43. The van der Waals surface area contributed by atoms with Crippen molar-refractivity contribution in [1.29, 1.82) is 0 Å². The van der Waals surface area contributed by atoms with Crippen LogP contribution in [0.4, 0.5) is 0 Å². The summed E-state index contributed by atoms with van der Waals surface area (Å²) in [6.07, 6.45) is 6.44. The van der Waals surface area contributed by atoms with Gasteiger partial charge in [0.2, 0.25) is 5.91 Å². The highest BCUT2D eigenvalue weighted by Crippen LogP contribution is 2.35. The van der Waals surface area contributed by atoms with E-state index in [1.54, 1.807) is 0 Å². The monoisotopic (exact) mass is 285 g/mol. The van der Waals surface area contributed by atoms with Crippen molar-refractivity contribution in [2.75, 3.05) is 6.61 Å². The summed E-state index contributed by atoms with van der Waals surface area (Å²) in [6.45, 7) is 0.915. The van der Waals surface area contributed by atoms with Crippen molar-refractivity contribution in [3.05, 3.63) is 48.5 Å². The zero-order valence-corrected chi connectivity index (χ0v) is 11.9. The molecule has 1 aliphatic rings. The second-order valence-corrected chi connectivity index (χ2v) is 5.21. The molecule has 5 heteroatoms. The van der Waals surface area contributed by atoms with E-state index < -0.39 is 0 Å². The van der Waals surface area contributed by atoms with E-state index in [1.165, 1.54) is 12.8 Å². The van der Waals surface area contributed by atoms with E-state index in [0.29, 0.717) is 25.6 Å². The van der Waals surface area contributed by atoms with Gasteiger partial charge in [-0.3, -0.25) is 4.79 Å². The van der Waals surface area contributed by atoms with E-state index in [9.17, 15) is 4.79 Å². The van der Waals surface area contributed by atoms with Gasteiger partial charge in [0.25, 0.3) is 0 Å². The first kappa shape index (κ1) is 13.7. The van der Waals surface area contributed by atoms with Gasteiger partial charge in [-0.15, -0.1) is 0 Å². The van der Waals surface area contributed by atoms with Crippen molar-refractivity contribution in [1.82, 2.24) is 14.9 Å². The number of nitrogens with one attached hydrogen (secondary N) is 1. The molecule has 1 heterocycles. The van der Waals surface area contributed by atoms with Crippen molar-refractivity contribution in [3.8, 4) is 5.75 Å². The van der Waals surface area contributed by atoms with Crippen LogP contribution in [0.2, 0.25) is 0 Å². The molecule has 2 aromatic rings. The van der Waals surface area contributed by atoms with Gasteiger partial charge in [0.1, 0.15) is 5.75 Å². The van der Waals surface area contributed by atoms with Crippen LogP contribution in [0.1, 0.15) is 31.0 Å². The molecule has 21 heavy (non-hydrogen) atoms. The Bertz CT molecular complexity index is 591. The van der Waals surface area contributed by atoms with Crippen LogP contribution in [0.15, 0.2) is 42.9 Å². The third-order valence-electron chi connectivity index (χ3n) is 3.49. The Morgan fingerprint density at radius 3 is 2.90 bits per heavy atom. The number of hydrogen-bond acceptors (Lipinski definition) is 3. The van der Waals surface area contributed by atoms with E-state index in [4.69, 9.17) is 4.74 Å². The summed E-state index contributed by atoms with van der Waals surface area (Å²) in [5, 5.41) is 2.91. The summed E-state index contributed by atoms with van der Waals surface area (Å²) >= 11 is 0. The minimum atomic E-state index is -0.00511. The SMILES string of the molecule is O=C(CCOc1ccccc1)NCc1cncn1C1CC1. The molecule has 1 aromatic carbocycles. The lowest BCUT2D eigenvalue weighted by atomic mass is 10.3. The van der Waals surface area contributed by atoms with Gasteiger partial charge < -0.3 is 14.6 Å². The van der Waals surface area contributed by atoms with Gasteiger partial charge in [-0.05, 0) is 25.0 Å². The number of rotatable bonds is 7. The zero-order valence-electron chi connectivity index (χ0n) is 11.9. The lowest BCUT2D eigenvalue weighted by molar-refractivity contribution is -0.121. The summed E-state index contributed by atoms with van der Waals surface area (Å²) in [5.74, 6) is 0.784. The summed E-state index contributed by atoms with van der Waals surface area (Å²) in [4.78, 5) is 16.0. The highest BCUT2D eigenvalue weighted by molar-refractivity contribution is 5.75. The molecule has 5 nitrogen and oxygen atoms in total. The first-order valence-corrected chi connectivity index (χ1v) is 7.28. The van der Waals surface area contributed by atoms with Gasteiger partial charge in [-0.2, -0.15) is 0 Å². The van der Waals surface area contributed by atoms with Gasteiger partial charge in [0, 0.05) is 12.2 Å². The Balaban J connectivity index is 1.39. The summed E-state index contributed by atoms with van der Waals surface area (Å²) in [5.41, 5.74) is 1.06. The molecule has 3 rings (SSSR count). The molecular formula is C16H19N3O2. The number of benzene rings is 1. The molecule has 110 valence electrons. The summed E-state index contributed by atoms with van der Waals surface area (Å²) in [7, 11) is 0. The van der Waals surface area contributed by atoms with Crippen molar-refractivity contribution < 1.29 is 9.53 Å². The van der Waals surface area contributed by atoms with Gasteiger partial charge in [0.05, 0.1) is 31.6 Å². The standard InChI is InChI=1S/C16H19N3O2/c20-16(8-9-21-15-4-2-1-3-5-15)18-11-14-10-17-12-19(14)13-6-7-13/h1-5,10,12-13H,6-9,11H2,(H,18,20). The summed E-state index contributed by atoms with van der Waals surface area (Å²) < 4.78 is 7.66. The predicted octanol–water partition coefficient (Wildman–Crippen LogP) is 2.30. The normalized spacial score (nSPS) is 13.9. The maximum absolute atomic E-state index is 11.8. The molecule has 0 radical (unpaired) electrons. The molecule has 0 spiro atoms. The first-order valence-electron chi connectivity index (χ1n) is 7.28. The number of ether oxygens (including phenoxy) is 1. The number of para-hydroxylation sites is 1. The molecule has 0 unspecified atom stereocenters. The van der Waals surface area contributed by atoms with Crippen LogP contribution in [0.25, 0.3) is 0 Å². The van der Waals surface area contributed by atoms with Crippen LogP contribution in [0.5, 0.6) is 5.75 Å². The quantitative estimate of drug-likeness (QED) is 0.849.